The lowest BCUT2D eigenvalue weighted by Crippen LogP contribution is -2.45. The first-order chi connectivity index (χ1) is 8.35. The van der Waals surface area contributed by atoms with Crippen LogP contribution < -0.4 is 0 Å². The molecule has 2 unspecified atom stereocenters. The Labute approximate surface area is 117 Å². The highest BCUT2D eigenvalue weighted by Gasteiger charge is 2.42. The topological polar surface area (TPSA) is 87.1 Å². The Morgan fingerprint density at radius 2 is 1.84 bits per heavy atom. The maximum absolute atomic E-state index is 11.8. The van der Waals surface area contributed by atoms with Gasteiger partial charge in [0.25, 0.3) is 0 Å². The van der Waals surface area contributed by atoms with Crippen LogP contribution in [0.5, 0.6) is 0 Å². The lowest BCUT2D eigenvalue weighted by Gasteiger charge is -2.33. The maximum Gasteiger partial charge on any atom is 0.410 e. The second-order valence-electron chi connectivity index (χ2n) is 6.19. The van der Waals surface area contributed by atoms with E-state index in [9.17, 15) is 9.90 Å². The number of rotatable bonds is 0. The average molecular weight is 295 g/mol. The van der Waals surface area contributed by atoms with E-state index in [-0.39, 0.29) is 11.6 Å². The molecule has 0 aromatic carbocycles. The Morgan fingerprint density at radius 3 is 2.11 bits per heavy atom. The van der Waals surface area contributed by atoms with Crippen LogP contribution in [0.15, 0.2) is 0 Å². The number of carbonyl (C=O) groups is 1. The number of aliphatic hydroxyl groups excluding tert-OH is 1. The van der Waals surface area contributed by atoms with Crippen molar-refractivity contribution in [2.75, 3.05) is 12.8 Å². The van der Waals surface area contributed by atoms with E-state index >= 15 is 0 Å². The Balaban J connectivity index is 0.000000711. The highest BCUT2D eigenvalue weighted by atomic mass is 32.2. The highest BCUT2D eigenvalue weighted by molar-refractivity contribution is 7.78. The van der Waals surface area contributed by atoms with E-state index in [0.717, 1.165) is 0 Å². The number of likely N-dealkylation sites (tertiary alicyclic amines) is 1. The van der Waals surface area contributed by atoms with Crippen molar-refractivity contribution in [3.05, 3.63) is 0 Å². The molecule has 7 heteroatoms. The minimum absolute atomic E-state index is 0.318. The Hall–Kier alpha value is -0.660. The number of amides is 1. The number of hydrogen-bond donors (Lipinski definition) is 2. The van der Waals surface area contributed by atoms with E-state index in [2.05, 4.69) is 0 Å². The van der Waals surface area contributed by atoms with Gasteiger partial charge < -0.3 is 19.3 Å². The lowest BCUT2D eigenvalue weighted by atomic mass is 10.0. The predicted molar refractivity (Wildman–Crippen MR) is 74.3 cm³/mol. The molecule has 0 spiro atoms. The summed E-state index contributed by atoms with van der Waals surface area (Å²) < 4.78 is 21.9. The van der Waals surface area contributed by atoms with Crippen LogP contribution in [-0.2, 0) is 15.8 Å². The summed E-state index contributed by atoms with van der Waals surface area (Å²) in [6.45, 7) is 9.75. The van der Waals surface area contributed by atoms with Crippen molar-refractivity contribution >= 4 is 17.2 Å². The summed E-state index contributed by atoms with van der Waals surface area (Å²) in [6.07, 6.45) is 1.02. The molecule has 1 aliphatic heterocycles. The molecule has 0 aromatic heterocycles. The fourth-order valence-corrected chi connectivity index (χ4v) is 1.85. The van der Waals surface area contributed by atoms with Gasteiger partial charge in [-0.1, -0.05) is 0 Å². The quantitative estimate of drug-likeness (QED) is 0.663. The molecular formula is C12H25NO5S. The minimum atomic E-state index is -1.61. The Morgan fingerprint density at radius 1 is 1.42 bits per heavy atom. The van der Waals surface area contributed by atoms with Gasteiger partial charge in [-0.05, 0) is 41.0 Å². The molecular weight excluding hydrogens is 270 g/mol. The third kappa shape index (κ3) is 7.49. The van der Waals surface area contributed by atoms with Gasteiger partial charge in [0.1, 0.15) is 16.7 Å². The fourth-order valence-electron chi connectivity index (χ4n) is 1.85. The van der Waals surface area contributed by atoms with Crippen molar-refractivity contribution in [3.8, 4) is 0 Å². The van der Waals surface area contributed by atoms with E-state index in [4.69, 9.17) is 13.5 Å². The van der Waals surface area contributed by atoms with Crippen LogP contribution in [0.25, 0.3) is 0 Å². The predicted octanol–water partition coefficient (Wildman–Crippen LogP) is 1.60. The number of hydrogen-bond acceptors (Lipinski definition) is 4. The number of carbonyl (C=O) groups excluding carboxylic acids is 1. The van der Waals surface area contributed by atoms with Gasteiger partial charge in [-0.2, -0.15) is 0 Å². The summed E-state index contributed by atoms with van der Waals surface area (Å²) in [6, 6.07) is 0. The summed E-state index contributed by atoms with van der Waals surface area (Å²) in [5, 5.41) is 9.53. The third-order valence-corrected chi connectivity index (χ3v) is 2.47. The third-order valence-electron chi connectivity index (χ3n) is 2.47. The van der Waals surface area contributed by atoms with Crippen molar-refractivity contribution in [2.24, 2.45) is 0 Å². The largest absolute Gasteiger partial charge is 0.444 e. The molecule has 6 nitrogen and oxygen atoms in total. The summed E-state index contributed by atoms with van der Waals surface area (Å²) in [7, 11) is 0. The van der Waals surface area contributed by atoms with Crippen LogP contribution in [0.2, 0.25) is 0 Å². The number of nitrogens with zero attached hydrogens (tertiary/aromatic N) is 1. The van der Waals surface area contributed by atoms with Gasteiger partial charge in [-0.15, -0.1) is 0 Å². The van der Waals surface area contributed by atoms with Gasteiger partial charge in [-0.25, -0.2) is 9.00 Å². The molecule has 1 heterocycles. The van der Waals surface area contributed by atoms with Crippen LogP contribution in [0, 0.1) is 0 Å². The molecule has 114 valence electrons. The van der Waals surface area contributed by atoms with Crippen LogP contribution in [0.3, 0.4) is 0 Å². The first-order valence-corrected chi connectivity index (χ1v) is 7.58. The molecule has 1 amide bonds. The van der Waals surface area contributed by atoms with Gasteiger partial charge in [0.2, 0.25) is 0 Å². The molecule has 19 heavy (non-hydrogen) atoms. The van der Waals surface area contributed by atoms with E-state index in [1.807, 2.05) is 34.6 Å². The molecule has 1 fully saturated rings. The molecule has 1 saturated heterocycles. The van der Waals surface area contributed by atoms with Gasteiger partial charge >= 0.3 is 6.09 Å². The van der Waals surface area contributed by atoms with Crippen molar-refractivity contribution < 1.29 is 23.4 Å². The van der Waals surface area contributed by atoms with Crippen LogP contribution >= 0.6 is 0 Å². The monoisotopic (exact) mass is 295 g/mol. The highest BCUT2D eigenvalue weighted by Crippen LogP contribution is 2.30. The SMILES string of the molecule is CC(C)(C)OC(=O)N1CC(O)CC1(C)C.CS(=O)O. The van der Waals surface area contributed by atoms with Crippen molar-refractivity contribution in [1.29, 1.82) is 0 Å². The molecule has 0 bridgehead atoms. The smallest absolute Gasteiger partial charge is 0.410 e. The minimum Gasteiger partial charge on any atom is -0.444 e. The van der Waals surface area contributed by atoms with Gasteiger partial charge in [0.15, 0.2) is 0 Å². The Bertz CT molecular complexity index is 334. The normalized spacial score (nSPS) is 23.4. The zero-order valence-electron chi connectivity index (χ0n) is 12.5. The molecule has 0 aliphatic carbocycles. The van der Waals surface area contributed by atoms with Gasteiger partial charge in [-0.3, -0.25) is 0 Å². The van der Waals surface area contributed by atoms with Crippen molar-refractivity contribution in [3.63, 3.8) is 0 Å². The molecule has 0 aromatic rings. The van der Waals surface area contributed by atoms with E-state index in [1.165, 1.54) is 6.26 Å². The van der Waals surface area contributed by atoms with Gasteiger partial charge in [0, 0.05) is 11.8 Å². The molecule has 0 saturated carbocycles. The molecule has 1 rings (SSSR count). The van der Waals surface area contributed by atoms with Crippen LogP contribution in [0.4, 0.5) is 4.79 Å². The van der Waals surface area contributed by atoms with Crippen molar-refractivity contribution in [2.45, 2.75) is 58.3 Å². The van der Waals surface area contributed by atoms with Crippen LogP contribution in [0.1, 0.15) is 41.0 Å². The van der Waals surface area contributed by atoms with Crippen molar-refractivity contribution in [1.82, 2.24) is 4.90 Å². The zero-order valence-corrected chi connectivity index (χ0v) is 13.3. The van der Waals surface area contributed by atoms with Crippen LogP contribution in [-0.4, -0.2) is 54.9 Å². The van der Waals surface area contributed by atoms with E-state index in [1.54, 1.807) is 4.90 Å². The standard InChI is InChI=1S/C11H21NO3.CH4O2S/c1-10(2,3)15-9(14)12-7-8(13)6-11(12,4)5;1-4(2)3/h8,13H,6-7H2,1-5H3;1H3,(H,2,3). The molecule has 1 aliphatic rings. The summed E-state index contributed by atoms with van der Waals surface area (Å²) in [4.78, 5) is 13.4. The average Bonchev–Trinajstić information content (AvgIpc) is 2.34. The van der Waals surface area contributed by atoms with E-state index < -0.39 is 22.8 Å². The Kier molecular flexibility index (Phi) is 6.44. The first-order valence-electron chi connectivity index (χ1n) is 6.06. The second kappa shape index (κ2) is 6.67. The molecule has 0 radical (unpaired) electrons. The first kappa shape index (κ1) is 18.3. The number of β-amino-alcohol motifs (C(OH)–C–C–N with tert-alkyl or cyclic N) is 1. The second-order valence-corrected chi connectivity index (χ2v) is 7.03. The number of ether oxygens (including phenoxy) is 1. The van der Waals surface area contributed by atoms with E-state index in [0.29, 0.717) is 13.0 Å². The fraction of sp³-hybridized carbons (Fsp3) is 0.917. The summed E-state index contributed by atoms with van der Waals surface area (Å²) >= 11 is -1.61. The molecule has 2 atom stereocenters. The summed E-state index contributed by atoms with van der Waals surface area (Å²) in [5.41, 5.74) is -0.803. The summed E-state index contributed by atoms with van der Waals surface area (Å²) in [5.74, 6) is 0. The maximum atomic E-state index is 11.8. The van der Waals surface area contributed by atoms with Gasteiger partial charge in [0.05, 0.1) is 12.6 Å². The lowest BCUT2D eigenvalue weighted by molar-refractivity contribution is 0.0123. The molecule has 2 N–H and O–H groups in total. The zero-order chi connectivity index (χ0) is 15.4. The number of aliphatic hydroxyl groups is 1.